The van der Waals surface area contributed by atoms with E-state index >= 15 is 4.39 Å². The molecule has 1 amide bonds. The highest BCUT2D eigenvalue weighted by molar-refractivity contribution is 6.05. The molecule has 6 rings (SSSR count). The number of anilines is 2. The molecule has 0 radical (unpaired) electrons. The van der Waals surface area contributed by atoms with E-state index in [1.165, 1.54) is 19.4 Å². The number of hydrogen-bond donors (Lipinski definition) is 2. The van der Waals surface area contributed by atoms with Crippen LogP contribution in [0.25, 0.3) is 22.3 Å². The van der Waals surface area contributed by atoms with Gasteiger partial charge in [0.2, 0.25) is 5.95 Å². The third kappa shape index (κ3) is 7.12. The topological polar surface area (TPSA) is 99.0 Å². The van der Waals surface area contributed by atoms with Crippen LogP contribution in [0.1, 0.15) is 54.9 Å². The molecule has 2 N–H and O–H groups in total. The lowest BCUT2D eigenvalue weighted by molar-refractivity contribution is 0.101. The number of carbonyl (C=O) groups excluding carboxylic acids is 1. The number of carbonyl (C=O) groups is 1. The first-order chi connectivity index (χ1) is 22.7. The summed E-state index contributed by atoms with van der Waals surface area (Å²) < 4.78 is 23.4. The van der Waals surface area contributed by atoms with Gasteiger partial charge in [-0.2, -0.15) is 0 Å². The van der Waals surface area contributed by atoms with Crippen molar-refractivity contribution in [1.29, 1.82) is 0 Å². The minimum atomic E-state index is -0.726. The van der Waals surface area contributed by atoms with Gasteiger partial charge >= 0.3 is 0 Å². The van der Waals surface area contributed by atoms with Crippen molar-refractivity contribution in [1.82, 2.24) is 24.3 Å². The summed E-state index contributed by atoms with van der Waals surface area (Å²) in [6, 6.07) is 15.3. The van der Waals surface area contributed by atoms with E-state index in [1.807, 2.05) is 6.07 Å². The molecule has 0 bridgehead atoms. The molecule has 2 aliphatic rings. The Labute approximate surface area is 276 Å². The minimum Gasteiger partial charge on any atom is -0.496 e. The summed E-state index contributed by atoms with van der Waals surface area (Å²) in [5.74, 6) is -0.487. The Morgan fingerprint density at radius 2 is 1.77 bits per heavy atom. The monoisotopic (exact) mass is 643 g/mol. The number of benzene rings is 2. The van der Waals surface area contributed by atoms with E-state index in [0.29, 0.717) is 36.1 Å². The molecule has 250 valence electrons. The quantitative estimate of drug-likeness (QED) is 0.236. The van der Waals surface area contributed by atoms with Crippen LogP contribution in [0, 0.1) is 5.82 Å². The molecule has 47 heavy (non-hydrogen) atoms. The molecule has 2 aromatic carbocycles. The van der Waals surface area contributed by atoms with Crippen molar-refractivity contribution in [2.75, 3.05) is 64.6 Å². The van der Waals surface area contributed by atoms with Crippen molar-refractivity contribution < 1.29 is 19.0 Å². The van der Waals surface area contributed by atoms with Crippen LogP contribution in [0.5, 0.6) is 5.75 Å². The van der Waals surface area contributed by atoms with E-state index in [2.05, 4.69) is 62.8 Å². The molecule has 3 heterocycles. The third-order valence-electron chi connectivity index (χ3n) is 9.78. The van der Waals surface area contributed by atoms with Crippen molar-refractivity contribution in [3.8, 4) is 17.0 Å². The zero-order valence-corrected chi connectivity index (χ0v) is 27.8. The number of aliphatic hydroxyl groups is 1. The molecule has 1 saturated heterocycles. The van der Waals surface area contributed by atoms with Crippen LogP contribution in [0.3, 0.4) is 0 Å². The molecule has 0 atom stereocenters. The van der Waals surface area contributed by atoms with Gasteiger partial charge in [-0.15, -0.1) is 0 Å². The maximum Gasteiger partial charge on any atom is 0.261 e. The number of ether oxygens (including phenoxy) is 1. The lowest BCUT2D eigenvalue weighted by Gasteiger charge is -2.38. The SMILES string of the molecule is COc1ccccc1-c1nccc(C(=O)Nc2nc3ccc(N4CCC(N(C)CCN(C)C)CC4)cc3n2C2CCC(O)CC2)c1F. The van der Waals surface area contributed by atoms with E-state index < -0.39 is 11.7 Å². The lowest BCUT2D eigenvalue weighted by atomic mass is 9.93. The van der Waals surface area contributed by atoms with Crippen LogP contribution in [0.2, 0.25) is 0 Å². The summed E-state index contributed by atoms with van der Waals surface area (Å²) in [6.07, 6.45) is 6.15. The Kier molecular flexibility index (Phi) is 10.0. The molecule has 2 fully saturated rings. The number of nitrogens with one attached hydrogen (secondary N) is 1. The zero-order valence-electron chi connectivity index (χ0n) is 27.8. The first kappa shape index (κ1) is 32.9. The second-order valence-corrected chi connectivity index (χ2v) is 13.1. The average Bonchev–Trinajstić information content (AvgIpc) is 3.44. The van der Waals surface area contributed by atoms with E-state index in [4.69, 9.17) is 9.72 Å². The van der Waals surface area contributed by atoms with E-state index in [1.54, 1.807) is 24.3 Å². The number of nitrogens with zero attached hydrogens (tertiary/aromatic N) is 6. The fourth-order valence-corrected chi connectivity index (χ4v) is 6.97. The van der Waals surface area contributed by atoms with Gasteiger partial charge in [0, 0.05) is 55.7 Å². The van der Waals surface area contributed by atoms with Gasteiger partial charge in [-0.3, -0.25) is 15.1 Å². The van der Waals surface area contributed by atoms with Crippen LogP contribution in [-0.2, 0) is 0 Å². The van der Waals surface area contributed by atoms with Gasteiger partial charge in [0.15, 0.2) is 5.82 Å². The molecule has 2 aromatic heterocycles. The number of imidazole rings is 1. The number of para-hydroxylation sites is 1. The molecular formula is C36H46FN7O3. The molecule has 1 aliphatic heterocycles. The Morgan fingerprint density at radius 3 is 2.49 bits per heavy atom. The van der Waals surface area contributed by atoms with Gasteiger partial charge < -0.3 is 29.1 Å². The molecule has 11 heteroatoms. The van der Waals surface area contributed by atoms with E-state index in [-0.39, 0.29) is 23.4 Å². The number of amides is 1. The fourth-order valence-electron chi connectivity index (χ4n) is 6.97. The van der Waals surface area contributed by atoms with Crippen molar-refractivity contribution >= 4 is 28.6 Å². The zero-order chi connectivity index (χ0) is 33.1. The molecule has 10 nitrogen and oxygen atoms in total. The summed E-state index contributed by atoms with van der Waals surface area (Å²) in [7, 11) is 7.96. The average molecular weight is 644 g/mol. The van der Waals surface area contributed by atoms with Gasteiger partial charge in [0.25, 0.3) is 5.91 Å². The number of hydrogen-bond acceptors (Lipinski definition) is 8. The third-order valence-corrected chi connectivity index (χ3v) is 9.78. The minimum absolute atomic E-state index is 0.0384. The van der Waals surface area contributed by atoms with Crippen molar-refractivity contribution in [3.63, 3.8) is 0 Å². The van der Waals surface area contributed by atoms with Crippen molar-refractivity contribution in [3.05, 3.63) is 66.1 Å². The summed E-state index contributed by atoms with van der Waals surface area (Å²) in [5, 5.41) is 13.2. The van der Waals surface area contributed by atoms with Crippen LogP contribution >= 0.6 is 0 Å². The van der Waals surface area contributed by atoms with Gasteiger partial charge in [-0.05, 0) is 96.1 Å². The number of halogens is 1. The lowest BCUT2D eigenvalue weighted by Crippen LogP contribution is -2.45. The van der Waals surface area contributed by atoms with Crippen molar-refractivity contribution in [2.45, 2.75) is 56.7 Å². The Hall–Kier alpha value is -4.06. The van der Waals surface area contributed by atoms with Crippen LogP contribution < -0.4 is 15.0 Å². The maximum atomic E-state index is 15.9. The predicted molar refractivity (Wildman–Crippen MR) is 184 cm³/mol. The number of aromatic nitrogens is 3. The number of fused-ring (bicyclic) bond motifs is 1. The Bertz CT molecular complexity index is 1690. The van der Waals surface area contributed by atoms with Gasteiger partial charge in [0.05, 0.1) is 29.8 Å². The summed E-state index contributed by atoms with van der Waals surface area (Å²) in [4.78, 5) is 29.9. The van der Waals surface area contributed by atoms with Crippen LogP contribution in [0.4, 0.5) is 16.0 Å². The number of aliphatic hydroxyl groups excluding tert-OH is 1. The molecule has 1 aliphatic carbocycles. The highest BCUT2D eigenvalue weighted by atomic mass is 19.1. The highest BCUT2D eigenvalue weighted by Gasteiger charge is 2.28. The highest BCUT2D eigenvalue weighted by Crippen LogP contribution is 2.37. The predicted octanol–water partition coefficient (Wildman–Crippen LogP) is 5.44. The normalized spacial score (nSPS) is 19.1. The first-order valence-corrected chi connectivity index (χ1v) is 16.6. The second kappa shape index (κ2) is 14.4. The Morgan fingerprint density at radius 1 is 1.02 bits per heavy atom. The summed E-state index contributed by atoms with van der Waals surface area (Å²) in [6.45, 7) is 4.03. The van der Waals surface area contributed by atoms with Crippen LogP contribution in [-0.4, -0.2) is 102 Å². The molecule has 0 unspecified atom stereocenters. The van der Waals surface area contributed by atoms with Crippen LogP contribution in [0.15, 0.2) is 54.7 Å². The van der Waals surface area contributed by atoms with Gasteiger partial charge in [-0.1, -0.05) is 12.1 Å². The molecule has 1 saturated carbocycles. The number of pyridine rings is 1. The first-order valence-electron chi connectivity index (χ1n) is 16.6. The van der Waals surface area contributed by atoms with E-state index in [9.17, 15) is 9.90 Å². The standard InChI is InChI=1S/C36H46FN7O3/c1-41(2)21-22-42(3)24-16-19-43(20-17-24)26-11-14-30-31(23-26)44(25-9-12-27(45)13-10-25)36(39-30)40-35(46)29-15-18-38-34(33(29)37)28-7-5-6-8-32(28)47-4/h5-8,11,14-15,18,23-25,27,45H,9-10,12-13,16-17,19-22H2,1-4H3,(H,39,40,46). The van der Waals surface area contributed by atoms with Crippen molar-refractivity contribution in [2.24, 2.45) is 0 Å². The van der Waals surface area contributed by atoms with Gasteiger partial charge in [-0.25, -0.2) is 9.37 Å². The smallest absolute Gasteiger partial charge is 0.261 e. The fraction of sp³-hybridized carbons (Fsp3) is 0.472. The number of likely N-dealkylation sites (N-methyl/N-ethyl adjacent to an activating group) is 2. The summed E-state index contributed by atoms with van der Waals surface area (Å²) in [5.41, 5.74) is 3.20. The Balaban J connectivity index is 1.28. The van der Waals surface area contributed by atoms with E-state index in [0.717, 1.165) is 68.6 Å². The van der Waals surface area contributed by atoms with Gasteiger partial charge in [0.1, 0.15) is 11.4 Å². The molecular weight excluding hydrogens is 597 g/mol. The number of piperidine rings is 1. The number of rotatable bonds is 10. The largest absolute Gasteiger partial charge is 0.496 e. The second-order valence-electron chi connectivity index (χ2n) is 13.1. The maximum absolute atomic E-state index is 15.9. The molecule has 4 aromatic rings. The number of methoxy groups -OCH3 is 1. The summed E-state index contributed by atoms with van der Waals surface area (Å²) >= 11 is 0. The molecule has 0 spiro atoms.